The normalized spacial score (nSPS) is 17.0. The summed E-state index contributed by atoms with van der Waals surface area (Å²) < 4.78 is 6.18. The minimum Gasteiger partial charge on any atom is -0.488 e. The molecule has 2 nitrogen and oxygen atoms in total. The van der Waals surface area contributed by atoms with Crippen LogP contribution in [0.2, 0.25) is 0 Å². The Morgan fingerprint density at radius 1 is 1.07 bits per heavy atom. The highest BCUT2D eigenvalue weighted by Gasteiger charge is 2.24. The first-order chi connectivity index (χ1) is 13.1. The van der Waals surface area contributed by atoms with Crippen LogP contribution in [0.4, 0.5) is 0 Å². The van der Waals surface area contributed by atoms with E-state index in [1.54, 1.807) is 5.57 Å². The Morgan fingerprint density at radius 2 is 1.85 bits per heavy atom. The summed E-state index contributed by atoms with van der Waals surface area (Å²) in [6.45, 7) is 12.4. The number of hydrogen-bond donors (Lipinski definition) is 0. The molecule has 0 atom stereocenters. The Morgan fingerprint density at radius 3 is 2.63 bits per heavy atom. The van der Waals surface area contributed by atoms with Gasteiger partial charge in [0.05, 0.1) is 0 Å². The molecule has 0 unspecified atom stereocenters. The number of benzene rings is 2. The lowest BCUT2D eigenvalue weighted by molar-refractivity contribution is 0.260. The van der Waals surface area contributed by atoms with E-state index in [0.717, 1.165) is 44.6 Å². The molecule has 2 heterocycles. The van der Waals surface area contributed by atoms with Crippen LogP contribution < -0.4 is 4.74 Å². The van der Waals surface area contributed by atoms with E-state index in [1.807, 2.05) is 0 Å². The molecule has 140 valence electrons. The monoisotopic (exact) mass is 359 g/mol. The molecule has 2 heteroatoms. The molecule has 0 aromatic heterocycles. The van der Waals surface area contributed by atoms with E-state index in [9.17, 15) is 0 Å². The number of fused-ring (bicyclic) bond motifs is 2. The van der Waals surface area contributed by atoms with E-state index < -0.39 is 0 Å². The van der Waals surface area contributed by atoms with E-state index >= 15 is 0 Å². The summed E-state index contributed by atoms with van der Waals surface area (Å²) in [6, 6.07) is 15.3. The van der Waals surface area contributed by atoms with Crippen LogP contribution in [0.1, 0.15) is 48.4 Å². The van der Waals surface area contributed by atoms with Gasteiger partial charge in [0.25, 0.3) is 0 Å². The Hall–Kier alpha value is -2.32. The van der Waals surface area contributed by atoms with Gasteiger partial charge >= 0.3 is 0 Å². The van der Waals surface area contributed by atoms with Crippen LogP contribution in [0.5, 0.6) is 5.75 Å². The molecule has 2 aromatic rings. The van der Waals surface area contributed by atoms with Crippen LogP contribution in [-0.2, 0) is 6.61 Å². The van der Waals surface area contributed by atoms with Gasteiger partial charge < -0.3 is 9.64 Å². The lowest BCUT2D eigenvalue weighted by Gasteiger charge is -2.30. The average Bonchev–Trinajstić information content (AvgIpc) is 2.83. The first kappa shape index (κ1) is 18.1. The van der Waals surface area contributed by atoms with Crippen LogP contribution in [0.3, 0.4) is 0 Å². The third-order valence-electron chi connectivity index (χ3n) is 5.74. The highest BCUT2D eigenvalue weighted by Crippen LogP contribution is 2.41. The van der Waals surface area contributed by atoms with Crippen molar-refractivity contribution in [3.05, 3.63) is 82.4 Å². The molecule has 2 aliphatic heterocycles. The third kappa shape index (κ3) is 3.86. The van der Waals surface area contributed by atoms with E-state index in [1.165, 1.54) is 33.4 Å². The van der Waals surface area contributed by atoms with Crippen LogP contribution in [-0.4, -0.2) is 24.5 Å². The van der Waals surface area contributed by atoms with Crippen molar-refractivity contribution in [3.63, 3.8) is 0 Å². The maximum atomic E-state index is 6.18. The van der Waals surface area contributed by atoms with Crippen molar-refractivity contribution in [1.29, 1.82) is 0 Å². The predicted molar refractivity (Wildman–Crippen MR) is 113 cm³/mol. The van der Waals surface area contributed by atoms with Crippen LogP contribution in [0.15, 0.2) is 60.2 Å². The molecular weight excluding hydrogens is 330 g/mol. The molecule has 27 heavy (non-hydrogen) atoms. The topological polar surface area (TPSA) is 12.5 Å². The fourth-order valence-corrected chi connectivity index (χ4v) is 4.21. The van der Waals surface area contributed by atoms with Gasteiger partial charge in [-0.1, -0.05) is 53.1 Å². The van der Waals surface area contributed by atoms with Crippen molar-refractivity contribution in [2.24, 2.45) is 0 Å². The quantitative estimate of drug-likeness (QED) is 0.647. The standard InChI is InChI=1S/C25H29NO/c1-18(2)10-13-26-14-11-20(12-15-26)25-22-9-8-19(3)16-21(22)17-27-24-7-5-4-6-23(24)25/h4-9,16H,1,10-15,17H2,2-3H3. The molecule has 0 aliphatic carbocycles. The lowest BCUT2D eigenvalue weighted by atomic mass is 9.86. The second-order valence-corrected chi connectivity index (χ2v) is 7.97. The van der Waals surface area contributed by atoms with Gasteiger partial charge in [0.2, 0.25) is 0 Å². The number of rotatable bonds is 3. The largest absolute Gasteiger partial charge is 0.488 e. The molecule has 1 saturated heterocycles. The Balaban J connectivity index is 1.71. The van der Waals surface area contributed by atoms with Crippen LogP contribution in [0, 0.1) is 6.92 Å². The second-order valence-electron chi connectivity index (χ2n) is 7.97. The molecule has 0 bridgehead atoms. The number of para-hydroxylation sites is 1. The van der Waals surface area contributed by atoms with Crippen molar-refractivity contribution < 1.29 is 4.74 Å². The Labute approximate surface area is 163 Å². The minimum absolute atomic E-state index is 0.648. The summed E-state index contributed by atoms with van der Waals surface area (Å²) in [7, 11) is 0. The van der Waals surface area contributed by atoms with Crippen molar-refractivity contribution >= 4 is 5.57 Å². The molecule has 0 radical (unpaired) electrons. The maximum Gasteiger partial charge on any atom is 0.127 e. The van der Waals surface area contributed by atoms with Gasteiger partial charge in [-0.2, -0.15) is 0 Å². The summed E-state index contributed by atoms with van der Waals surface area (Å²) in [5.74, 6) is 1.01. The van der Waals surface area contributed by atoms with Gasteiger partial charge in [0, 0.05) is 25.2 Å². The SMILES string of the molecule is C=C(C)CCN1CCC(=C2c3ccc(C)cc3COc3ccccc32)CC1. The highest BCUT2D eigenvalue weighted by atomic mass is 16.5. The zero-order chi connectivity index (χ0) is 18.8. The van der Waals surface area contributed by atoms with Crippen molar-refractivity contribution in [2.75, 3.05) is 19.6 Å². The van der Waals surface area contributed by atoms with Gasteiger partial charge in [-0.3, -0.25) is 0 Å². The van der Waals surface area contributed by atoms with E-state index in [-0.39, 0.29) is 0 Å². The smallest absolute Gasteiger partial charge is 0.127 e. The average molecular weight is 360 g/mol. The summed E-state index contributed by atoms with van der Waals surface area (Å²) >= 11 is 0. The van der Waals surface area contributed by atoms with Gasteiger partial charge in [-0.05, 0) is 55.9 Å². The van der Waals surface area contributed by atoms with E-state index in [0.29, 0.717) is 6.61 Å². The van der Waals surface area contributed by atoms with Crippen molar-refractivity contribution in [1.82, 2.24) is 4.90 Å². The van der Waals surface area contributed by atoms with Gasteiger partial charge in [0.15, 0.2) is 0 Å². The zero-order valence-electron chi connectivity index (χ0n) is 16.6. The molecule has 0 amide bonds. The van der Waals surface area contributed by atoms with Gasteiger partial charge in [-0.25, -0.2) is 0 Å². The Bertz CT molecular complexity index is 883. The van der Waals surface area contributed by atoms with Gasteiger partial charge in [0.1, 0.15) is 12.4 Å². The molecule has 2 aromatic carbocycles. The zero-order valence-corrected chi connectivity index (χ0v) is 16.6. The molecule has 1 fully saturated rings. The highest BCUT2D eigenvalue weighted by molar-refractivity contribution is 5.87. The number of likely N-dealkylation sites (tertiary alicyclic amines) is 1. The first-order valence-electron chi connectivity index (χ1n) is 10.0. The molecule has 0 N–H and O–H groups in total. The first-order valence-corrected chi connectivity index (χ1v) is 10.0. The second kappa shape index (κ2) is 7.74. The summed E-state index contributed by atoms with van der Waals surface area (Å²) in [6.07, 6.45) is 3.37. The molecule has 0 spiro atoms. The van der Waals surface area contributed by atoms with Gasteiger partial charge in [-0.15, -0.1) is 6.58 Å². The fourth-order valence-electron chi connectivity index (χ4n) is 4.21. The maximum absolute atomic E-state index is 6.18. The number of ether oxygens (including phenoxy) is 1. The van der Waals surface area contributed by atoms with Crippen LogP contribution >= 0.6 is 0 Å². The molecule has 2 aliphatic rings. The van der Waals surface area contributed by atoms with Crippen molar-refractivity contribution in [3.8, 4) is 5.75 Å². The lowest BCUT2D eigenvalue weighted by Crippen LogP contribution is -2.32. The fraction of sp³-hybridized carbons (Fsp3) is 0.360. The Kier molecular flexibility index (Phi) is 5.18. The number of aryl methyl sites for hydroxylation is 1. The summed E-state index contributed by atoms with van der Waals surface area (Å²) in [4.78, 5) is 2.58. The van der Waals surface area contributed by atoms with Crippen molar-refractivity contribution in [2.45, 2.75) is 39.7 Å². The minimum atomic E-state index is 0.648. The molecule has 0 saturated carbocycles. The van der Waals surface area contributed by atoms with E-state index in [4.69, 9.17) is 4.74 Å². The predicted octanol–water partition coefficient (Wildman–Crippen LogP) is 5.75. The number of hydrogen-bond acceptors (Lipinski definition) is 2. The molecular formula is C25H29NO. The number of nitrogens with zero attached hydrogens (tertiary/aromatic N) is 1. The van der Waals surface area contributed by atoms with E-state index in [2.05, 4.69) is 67.8 Å². The molecule has 4 rings (SSSR count). The summed E-state index contributed by atoms with van der Waals surface area (Å²) in [5.41, 5.74) is 9.47. The third-order valence-corrected chi connectivity index (χ3v) is 5.74. The number of piperidine rings is 1. The van der Waals surface area contributed by atoms with Crippen LogP contribution in [0.25, 0.3) is 5.57 Å². The summed E-state index contributed by atoms with van der Waals surface area (Å²) in [5, 5.41) is 0.